The lowest BCUT2D eigenvalue weighted by molar-refractivity contribution is 0.598. The first-order valence-corrected chi connectivity index (χ1v) is 8.72. The number of hydrogen-bond acceptors (Lipinski definition) is 1. The quantitative estimate of drug-likeness (QED) is 0.700. The van der Waals surface area contributed by atoms with Crippen molar-refractivity contribution in [2.24, 2.45) is 0 Å². The van der Waals surface area contributed by atoms with E-state index in [9.17, 15) is 0 Å². The Morgan fingerprint density at radius 3 is 2.13 bits per heavy atom. The van der Waals surface area contributed by atoms with Crippen LogP contribution >= 0.6 is 0 Å². The lowest BCUT2D eigenvalue weighted by Crippen LogP contribution is -2.36. The second-order valence-corrected chi connectivity index (χ2v) is 9.81. The molecule has 0 fully saturated rings. The highest BCUT2D eigenvalue weighted by molar-refractivity contribution is 6.87. The van der Waals surface area contributed by atoms with Crippen molar-refractivity contribution in [2.45, 2.75) is 19.6 Å². The van der Waals surface area contributed by atoms with E-state index in [1.54, 1.807) is 0 Å². The monoisotopic (exact) mass is 216 g/mol. The Morgan fingerprint density at radius 2 is 1.60 bits per heavy atom. The van der Waals surface area contributed by atoms with E-state index in [-0.39, 0.29) is 0 Å². The van der Waals surface area contributed by atoms with Crippen LogP contribution in [-0.4, -0.2) is 8.07 Å². The second-order valence-electron chi connectivity index (χ2n) is 4.82. The van der Waals surface area contributed by atoms with Gasteiger partial charge in [0.25, 0.3) is 0 Å². The smallest absolute Gasteiger partial charge is 0.123 e. The maximum absolute atomic E-state index is 5.65. The van der Waals surface area contributed by atoms with Gasteiger partial charge in [0.1, 0.15) is 8.07 Å². The SMILES string of the molecule is C[Si](C)(C)c1cc(-c2ccccc2)co1. The Labute approximate surface area is 91.8 Å². The Morgan fingerprint density at radius 1 is 0.933 bits per heavy atom. The summed E-state index contributed by atoms with van der Waals surface area (Å²) in [4.78, 5) is 0. The molecule has 0 unspecified atom stereocenters. The molecule has 0 aliphatic heterocycles. The molecule has 0 spiro atoms. The van der Waals surface area contributed by atoms with Gasteiger partial charge in [-0.05, 0) is 11.6 Å². The lowest BCUT2D eigenvalue weighted by Gasteiger charge is -2.10. The topological polar surface area (TPSA) is 13.1 Å². The highest BCUT2D eigenvalue weighted by Gasteiger charge is 2.21. The third-order valence-corrected chi connectivity index (χ3v) is 4.19. The summed E-state index contributed by atoms with van der Waals surface area (Å²) in [5.41, 5.74) is 2.42. The van der Waals surface area contributed by atoms with Crippen molar-refractivity contribution in [3.63, 3.8) is 0 Å². The Bertz CT molecular complexity index is 437. The molecule has 1 heterocycles. The summed E-state index contributed by atoms with van der Waals surface area (Å²) in [7, 11) is -1.31. The van der Waals surface area contributed by atoms with Gasteiger partial charge < -0.3 is 4.42 Å². The minimum atomic E-state index is -1.31. The average molecular weight is 216 g/mol. The van der Waals surface area contributed by atoms with Crippen LogP contribution in [0.3, 0.4) is 0 Å². The van der Waals surface area contributed by atoms with Gasteiger partial charge in [-0.3, -0.25) is 0 Å². The summed E-state index contributed by atoms with van der Waals surface area (Å²) in [6.07, 6.45) is 1.86. The first kappa shape index (κ1) is 10.2. The number of rotatable bonds is 2. The van der Waals surface area contributed by atoms with Crippen molar-refractivity contribution in [1.29, 1.82) is 0 Å². The van der Waals surface area contributed by atoms with Crippen LogP contribution in [0.1, 0.15) is 0 Å². The molecule has 2 aromatic rings. The van der Waals surface area contributed by atoms with E-state index >= 15 is 0 Å². The molecule has 0 radical (unpaired) electrons. The van der Waals surface area contributed by atoms with Crippen molar-refractivity contribution in [1.82, 2.24) is 0 Å². The van der Waals surface area contributed by atoms with Crippen LogP contribution in [0.15, 0.2) is 47.1 Å². The van der Waals surface area contributed by atoms with Crippen LogP contribution in [0.4, 0.5) is 0 Å². The van der Waals surface area contributed by atoms with Gasteiger partial charge in [-0.25, -0.2) is 0 Å². The minimum absolute atomic E-state index is 1.17. The Balaban J connectivity index is 2.37. The number of furan rings is 1. The number of benzene rings is 1. The Hall–Kier alpha value is -1.28. The molecule has 0 atom stereocenters. The molecule has 1 aromatic carbocycles. The van der Waals surface area contributed by atoms with Crippen LogP contribution in [0.2, 0.25) is 19.6 Å². The average Bonchev–Trinajstić information content (AvgIpc) is 2.67. The zero-order valence-electron chi connectivity index (χ0n) is 9.45. The third kappa shape index (κ3) is 2.21. The van der Waals surface area contributed by atoms with Crippen molar-refractivity contribution in [2.75, 3.05) is 0 Å². The maximum atomic E-state index is 5.65. The van der Waals surface area contributed by atoms with Gasteiger partial charge in [-0.15, -0.1) is 0 Å². The van der Waals surface area contributed by atoms with Crippen LogP contribution in [0.5, 0.6) is 0 Å². The van der Waals surface area contributed by atoms with Crippen LogP contribution in [0.25, 0.3) is 11.1 Å². The summed E-state index contributed by atoms with van der Waals surface area (Å²) >= 11 is 0. The minimum Gasteiger partial charge on any atom is -0.474 e. The third-order valence-electron chi connectivity index (χ3n) is 2.45. The standard InChI is InChI=1S/C13H16OSi/c1-15(2,3)13-9-12(10-14-13)11-7-5-4-6-8-11/h4-10H,1-3H3. The largest absolute Gasteiger partial charge is 0.474 e. The molecular weight excluding hydrogens is 200 g/mol. The fourth-order valence-electron chi connectivity index (χ4n) is 1.51. The molecule has 0 amide bonds. The van der Waals surface area contributed by atoms with Gasteiger partial charge >= 0.3 is 0 Å². The molecule has 78 valence electrons. The summed E-state index contributed by atoms with van der Waals surface area (Å²) in [5.74, 6) is 0. The van der Waals surface area contributed by atoms with Gasteiger partial charge in [0.05, 0.1) is 11.6 Å². The first-order chi connectivity index (χ1) is 7.07. The van der Waals surface area contributed by atoms with E-state index in [4.69, 9.17) is 4.42 Å². The zero-order chi connectivity index (χ0) is 10.9. The molecular formula is C13H16OSi. The molecule has 2 heteroatoms. The molecule has 0 aliphatic rings. The van der Waals surface area contributed by atoms with E-state index in [1.165, 1.54) is 16.5 Å². The molecule has 0 bridgehead atoms. The molecule has 0 saturated heterocycles. The van der Waals surface area contributed by atoms with E-state index in [0.29, 0.717) is 0 Å². The molecule has 0 saturated carbocycles. The van der Waals surface area contributed by atoms with Crippen molar-refractivity contribution in [3.8, 4) is 11.1 Å². The molecule has 1 aromatic heterocycles. The fraction of sp³-hybridized carbons (Fsp3) is 0.231. The molecule has 2 rings (SSSR count). The van der Waals surface area contributed by atoms with Gasteiger partial charge in [0, 0.05) is 5.56 Å². The molecule has 1 nitrogen and oxygen atoms in total. The van der Waals surface area contributed by atoms with Gasteiger partial charge in [0.15, 0.2) is 0 Å². The predicted octanol–water partition coefficient (Wildman–Crippen LogP) is 3.49. The van der Waals surface area contributed by atoms with Crippen molar-refractivity contribution in [3.05, 3.63) is 42.7 Å². The van der Waals surface area contributed by atoms with E-state index in [2.05, 4.69) is 50.0 Å². The Kier molecular flexibility index (Phi) is 2.53. The van der Waals surface area contributed by atoms with Crippen LogP contribution in [-0.2, 0) is 0 Å². The highest BCUT2D eigenvalue weighted by Crippen LogP contribution is 2.19. The molecule has 15 heavy (non-hydrogen) atoms. The summed E-state index contributed by atoms with van der Waals surface area (Å²) in [6.45, 7) is 6.88. The van der Waals surface area contributed by atoms with E-state index in [1.807, 2.05) is 12.3 Å². The van der Waals surface area contributed by atoms with Gasteiger partial charge in [0.2, 0.25) is 0 Å². The van der Waals surface area contributed by atoms with Crippen LogP contribution < -0.4 is 5.38 Å². The van der Waals surface area contributed by atoms with E-state index in [0.717, 1.165) is 0 Å². The van der Waals surface area contributed by atoms with Crippen LogP contribution in [0, 0.1) is 0 Å². The van der Waals surface area contributed by atoms with Gasteiger partial charge in [-0.2, -0.15) is 0 Å². The number of hydrogen-bond donors (Lipinski definition) is 0. The summed E-state index contributed by atoms with van der Waals surface area (Å²) in [5, 5.41) is 1.17. The molecule has 0 aliphatic carbocycles. The summed E-state index contributed by atoms with van der Waals surface area (Å²) < 4.78 is 5.65. The summed E-state index contributed by atoms with van der Waals surface area (Å²) in [6, 6.07) is 12.5. The zero-order valence-corrected chi connectivity index (χ0v) is 10.4. The van der Waals surface area contributed by atoms with Crippen molar-refractivity contribution < 1.29 is 4.42 Å². The predicted molar refractivity (Wildman–Crippen MR) is 67.1 cm³/mol. The molecule has 0 N–H and O–H groups in total. The normalized spacial score (nSPS) is 11.7. The fourth-order valence-corrected chi connectivity index (χ4v) is 2.51. The van der Waals surface area contributed by atoms with E-state index < -0.39 is 8.07 Å². The first-order valence-electron chi connectivity index (χ1n) is 5.22. The maximum Gasteiger partial charge on any atom is 0.123 e. The van der Waals surface area contributed by atoms with Crippen molar-refractivity contribution >= 4 is 13.5 Å². The van der Waals surface area contributed by atoms with Gasteiger partial charge in [-0.1, -0.05) is 50.0 Å². The highest BCUT2D eigenvalue weighted by atomic mass is 28.3. The second kappa shape index (κ2) is 3.70. The lowest BCUT2D eigenvalue weighted by atomic mass is 10.1.